The van der Waals surface area contributed by atoms with Gasteiger partial charge in [0.2, 0.25) is 6.41 Å². The first kappa shape index (κ1) is 12.7. The lowest BCUT2D eigenvalue weighted by Gasteiger charge is -2.45. The van der Waals surface area contributed by atoms with Crippen molar-refractivity contribution in [2.24, 2.45) is 5.41 Å². The Morgan fingerprint density at radius 1 is 1.37 bits per heavy atom. The zero-order chi connectivity index (χ0) is 13.5. The van der Waals surface area contributed by atoms with Crippen LogP contribution in [-0.4, -0.2) is 24.4 Å². The van der Waals surface area contributed by atoms with Gasteiger partial charge in [-0.15, -0.1) is 0 Å². The largest absolute Gasteiger partial charge is 0.345 e. The van der Waals surface area contributed by atoms with Gasteiger partial charge < -0.3 is 4.90 Å². The molecule has 1 saturated carbocycles. The van der Waals surface area contributed by atoms with Crippen LogP contribution in [0.4, 0.5) is 0 Å². The topological polar surface area (TPSA) is 20.3 Å². The average Bonchev–Trinajstić information content (AvgIpc) is 2.81. The van der Waals surface area contributed by atoms with Crippen molar-refractivity contribution < 1.29 is 4.79 Å². The number of nitrogens with zero attached hydrogens (tertiary/aromatic N) is 1. The predicted octanol–water partition coefficient (Wildman–Crippen LogP) is 3.54. The highest BCUT2D eigenvalue weighted by atomic mass is 16.1. The highest BCUT2D eigenvalue weighted by Gasteiger charge is 2.48. The van der Waals surface area contributed by atoms with E-state index in [4.69, 9.17) is 0 Å². The van der Waals surface area contributed by atoms with Crippen LogP contribution in [0.25, 0.3) is 0 Å². The molecule has 1 saturated heterocycles. The second kappa shape index (κ2) is 4.66. The van der Waals surface area contributed by atoms with Gasteiger partial charge in [0.1, 0.15) is 0 Å². The third-order valence-corrected chi connectivity index (χ3v) is 5.02. The van der Waals surface area contributed by atoms with E-state index in [-0.39, 0.29) is 0 Å². The fourth-order valence-corrected chi connectivity index (χ4v) is 3.79. The van der Waals surface area contributed by atoms with Crippen molar-refractivity contribution in [1.29, 1.82) is 0 Å². The van der Waals surface area contributed by atoms with Crippen LogP contribution in [0.15, 0.2) is 24.3 Å². The van der Waals surface area contributed by atoms with E-state index in [1.165, 1.54) is 30.4 Å². The maximum Gasteiger partial charge on any atom is 0.209 e. The summed E-state index contributed by atoms with van der Waals surface area (Å²) in [5, 5.41) is 0. The van der Waals surface area contributed by atoms with E-state index in [2.05, 4.69) is 38.1 Å². The molecule has 0 aromatic heterocycles. The molecule has 102 valence electrons. The van der Waals surface area contributed by atoms with Gasteiger partial charge in [0.05, 0.1) is 0 Å². The van der Waals surface area contributed by atoms with Gasteiger partial charge in [-0.1, -0.05) is 38.1 Å². The van der Waals surface area contributed by atoms with Crippen LogP contribution >= 0.6 is 0 Å². The normalized spacial score (nSPS) is 29.8. The molecule has 1 aromatic rings. The summed E-state index contributed by atoms with van der Waals surface area (Å²) in [6.45, 7) is 6.44. The predicted molar refractivity (Wildman–Crippen MR) is 77.2 cm³/mol. The number of hydrogen-bond acceptors (Lipinski definition) is 1. The molecule has 0 atom stereocenters. The average molecular weight is 257 g/mol. The summed E-state index contributed by atoms with van der Waals surface area (Å²) >= 11 is 0. The Balaban J connectivity index is 1.67. The zero-order valence-electron chi connectivity index (χ0n) is 11.9. The lowest BCUT2D eigenvalue weighted by atomic mass is 9.59. The molecular formula is C17H23NO. The molecule has 19 heavy (non-hydrogen) atoms. The molecule has 1 amide bonds. The molecule has 1 aromatic carbocycles. The SMILES string of the molecule is CC(C)c1cccc(C2CC3(CCN(C=O)C3)C2)c1. The number of hydrogen-bond donors (Lipinski definition) is 0. The van der Waals surface area contributed by atoms with Gasteiger partial charge >= 0.3 is 0 Å². The van der Waals surface area contributed by atoms with Crippen molar-refractivity contribution in [2.45, 2.75) is 44.9 Å². The first-order chi connectivity index (χ1) is 9.12. The second-order valence-corrected chi connectivity index (χ2v) is 6.76. The van der Waals surface area contributed by atoms with E-state index in [0.717, 1.165) is 19.5 Å². The van der Waals surface area contributed by atoms with Gasteiger partial charge in [0, 0.05) is 13.1 Å². The summed E-state index contributed by atoms with van der Waals surface area (Å²) in [4.78, 5) is 12.8. The van der Waals surface area contributed by atoms with Gasteiger partial charge in [-0.3, -0.25) is 4.79 Å². The Morgan fingerprint density at radius 3 is 2.79 bits per heavy atom. The Hall–Kier alpha value is -1.31. The lowest BCUT2D eigenvalue weighted by molar-refractivity contribution is -0.117. The van der Waals surface area contributed by atoms with Crippen molar-refractivity contribution in [3.05, 3.63) is 35.4 Å². The number of amides is 1. The summed E-state index contributed by atoms with van der Waals surface area (Å²) in [6.07, 6.45) is 4.74. The zero-order valence-corrected chi connectivity index (χ0v) is 11.9. The van der Waals surface area contributed by atoms with Crippen LogP contribution in [-0.2, 0) is 4.79 Å². The van der Waals surface area contributed by atoms with Gasteiger partial charge in [-0.05, 0) is 47.6 Å². The molecular weight excluding hydrogens is 234 g/mol. The summed E-state index contributed by atoms with van der Waals surface area (Å²) in [5.74, 6) is 1.32. The minimum absolute atomic E-state index is 0.444. The van der Waals surface area contributed by atoms with Crippen molar-refractivity contribution in [3.8, 4) is 0 Å². The molecule has 2 heteroatoms. The fraction of sp³-hybridized carbons (Fsp3) is 0.588. The quantitative estimate of drug-likeness (QED) is 0.758. The first-order valence-corrected chi connectivity index (χ1v) is 7.41. The number of benzene rings is 1. The van der Waals surface area contributed by atoms with E-state index in [1.54, 1.807) is 0 Å². The van der Waals surface area contributed by atoms with Crippen LogP contribution < -0.4 is 0 Å². The standard InChI is InChI=1S/C17H23NO/c1-13(2)14-4-3-5-15(8-14)16-9-17(10-16)6-7-18(11-17)12-19/h3-5,8,12-13,16H,6-7,9-11H2,1-2H3. The summed E-state index contributed by atoms with van der Waals surface area (Å²) in [7, 11) is 0. The molecule has 1 aliphatic heterocycles. The van der Waals surface area contributed by atoms with E-state index in [1.807, 2.05) is 4.90 Å². The Kier molecular flexibility index (Phi) is 3.12. The minimum Gasteiger partial charge on any atom is -0.345 e. The highest BCUT2D eigenvalue weighted by molar-refractivity contribution is 5.48. The van der Waals surface area contributed by atoms with Crippen LogP contribution in [0.2, 0.25) is 0 Å². The molecule has 1 spiro atoms. The molecule has 0 radical (unpaired) electrons. The molecule has 1 aliphatic carbocycles. The molecule has 2 nitrogen and oxygen atoms in total. The number of carbonyl (C=O) groups excluding carboxylic acids is 1. The van der Waals surface area contributed by atoms with Crippen LogP contribution in [0.5, 0.6) is 0 Å². The number of rotatable bonds is 3. The van der Waals surface area contributed by atoms with Crippen molar-refractivity contribution in [3.63, 3.8) is 0 Å². The smallest absolute Gasteiger partial charge is 0.209 e. The van der Waals surface area contributed by atoms with E-state index in [9.17, 15) is 4.79 Å². The number of carbonyl (C=O) groups is 1. The summed E-state index contributed by atoms with van der Waals surface area (Å²) in [6, 6.07) is 9.08. The van der Waals surface area contributed by atoms with Gasteiger partial charge in [-0.25, -0.2) is 0 Å². The van der Waals surface area contributed by atoms with E-state index < -0.39 is 0 Å². The molecule has 0 unspecified atom stereocenters. The maximum atomic E-state index is 10.8. The van der Waals surface area contributed by atoms with E-state index in [0.29, 0.717) is 17.3 Å². The third-order valence-electron chi connectivity index (χ3n) is 5.02. The van der Waals surface area contributed by atoms with Crippen molar-refractivity contribution >= 4 is 6.41 Å². The maximum absolute atomic E-state index is 10.8. The Bertz CT molecular complexity index is 474. The summed E-state index contributed by atoms with van der Waals surface area (Å²) < 4.78 is 0. The van der Waals surface area contributed by atoms with Gasteiger partial charge in [-0.2, -0.15) is 0 Å². The molecule has 0 bridgehead atoms. The van der Waals surface area contributed by atoms with Crippen LogP contribution in [0.1, 0.15) is 56.1 Å². The monoisotopic (exact) mass is 257 g/mol. The molecule has 2 fully saturated rings. The van der Waals surface area contributed by atoms with Gasteiger partial charge in [0.15, 0.2) is 0 Å². The molecule has 1 heterocycles. The van der Waals surface area contributed by atoms with Crippen LogP contribution in [0.3, 0.4) is 0 Å². The van der Waals surface area contributed by atoms with Crippen LogP contribution in [0, 0.1) is 5.41 Å². The van der Waals surface area contributed by atoms with Gasteiger partial charge in [0.25, 0.3) is 0 Å². The summed E-state index contributed by atoms with van der Waals surface area (Å²) in [5.41, 5.74) is 3.39. The lowest BCUT2D eigenvalue weighted by Crippen LogP contribution is -2.38. The first-order valence-electron chi connectivity index (χ1n) is 7.41. The number of likely N-dealkylation sites (tertiary alicyclic amines) is 1. The van der Waals surface area contributed by atoms with Crippen molar-refractivity contribution in [1.82, 2.24) is 4.90 Å². The molecule has 0 N–H and O–H groups in total. The fourth-order valence-electron chi connectivity index (χ4n) is 3.79. The second-order valence-electron chi connectivity index (χ2n) is 6.76. The third kappa shape index (κ3) is 2.29. The Labute approximate surface area is 115 Å². The Morgan fingerprint density at radius 2 is 2.16 bits per heavy atom. The van der Waals surface area contributed by atoms with Crippen molar-refractivity contribution in [2.75, 3.05) is 13.1 Å². The molecule has 3 rings (SSSR count). The highest BCUT2D eigenvalue weighted by Crippen LogP contribution is 2.55. The minimum atomic E-state index is 0.444. The molecule has 2 aliphatic rings. The van der Waals surface area contributed by atoms with E-state index >= 15 is 0 Å².